The van der Waals surface area contributed by atoms with Crippen molar-refractivity contribution in [1.82, 2.24) is 5.32 Å². The predicted octanol–water partition coefficient (Wildman–Crippen LogP) is 2.35. The average molecular weight is 213 g/mol. The molecule has 14 heavy (non-hydrogen) atoms. The Balaban J connectivity index is 2.35. The lowest BCUT2D eigenvalue weighted by Gasteiger charge is -2.21. The van der Waals surface area contributed by atoms with E-state index < -0.39 is 5.60 Å². The molecule has 0 aromatic carbocycles. The highest BCUT2D eigenvalue weighted by molar-refractivity contribution is 7.10. The molecule has 0 spiro atoms. The maximum atomic E-state index is 10.1. The minimum absolute atomic E-state index is 0.672. The third-order valence-corrected chi connectivity index (χ3v) is 3.39. The van der Waals surface area contributed by atoms with Gasteiger partial charge in [-0.3, -0.25) is 0 Å². The van der Waals surface area contributed by atoms with Crippen molar-refractivity contribution in [2.45, 2.75) is 32.3 Å². The molecule has 2 N–H and O–H groups in total. The Labute approximate surface area is 90.0 Å². The van der Waals surface area contributed by atoms with Crippen molar-refractivity contribution in [3.05, 3.63) is 22.4 Å². The summed E-state index contributed by atoms with van der Waals surface area (Å²) in [5.41, 5.74) is -0.672. The topological polar surface area (TPSA) is 32.3 Å². The summed E-state index contributed by atoms with van der Waals surface area (Å²) in [5, 5.41) is 15.4. The lowest BCUT2D eigenvalue weighted by Crippen LogP contribution is -2.27. The standard InChI is InChI=1S/C11H19NOS/c1-3-7-12-8-6-11(2,13)10-5-4-9-14-10/h4-5,9,12-13H,3,6-8H2,1-2H3. The molecule has 2 nitrogen and oxygen atoms in total. The summed E-state index contributed by atoms with van der Waals surface area (Å²) in [6.07, 6.45) is 1.91. The number of hydrogen-bond donors (Lipinski definition) is 2. The van der Waals surface area contributed by atoms with Gasteiger partial charge in [0.1, 0.15) is 0 Å². The van der Waals surface area contributed by atoms with Crippen LogP contribution in [0.2, 0.25) is 0 Å². The Morgan fingerprint density at radius 2 is 2.29 bits per heavy atom. The zero-order valence-electron chi connectivity index (χ0n) is 8.92. The van der Waals surface area contributed by atoms with Crippen molar-refractivity contribution < 1.29 is 5.11 Å². The SMILES string of the molecule is CCCNCCC(C)(O)c1cccs1. The molecule has 1 rings (SSSR count). The third kappa shape index (κ3) is 3.40. The monoisotopic (exact) mass is 213 g/mol. The first-order chi connectivity index (χ1) is 6.67. The Kier molecular flexibility index (Phi) is 4.58. The van der Waals surface area contributed by atoms with Gasteiger partial charge < -0.3 is 10.4 Å². The fourth-order valence-corrected chi connectivity index (χ4v) is 2.16. The van der Waals surface area contributed by atoms with E-state index >= 15 is 0 Å². The molecule has 0 saturated carbocycles. The molecule has 1 aromatic rings. The summed E-state index contributed by atoms with van der Waals surface area (Å²) < 4.78 is 0. The van der Waals surface area contributed by atoms with Crippen molar-refractivity contribution in [3.8, 4) is 0 Å². The molecule has 1 aromatic heterocycles. The van der Waals surface area contributed by atoms with E-state index in [9.17, 15) is 5.11 Å². The second kappa shape index (κ2) is 5.49. The fraction of sp³-hybridized carbons (Fsp3) is 0.636. The van der Waals surface area contributed by atoms with E-state index in [0.29, 0.717) is 0 Å². The first kappa shape index (κ1) is 11.7. The molecular formula is C11H19NOS. The van der Waals surface area contributed by atoms with E-state index in [2.05, 4.69) is 12.2 Å². The number of rotatable bonds is 6. The second-order valence-corrected chi connectivity index (χ2v) is 4.70. The van der Waals surface area contributed by atoms with Crippen LogP contribution in [0.4, 0.5) is 0 Å². The Morgan fingerprint density at radius 3 is 2.86 bits per heavy atom. The van der Waals surface area contributed by atoms with Gasteiger partial charge in [-0.1, -0.05) is 13.0 Å². The van der Waals surface area contributed by atoms with E-state index in [-0.39, 0.29) is 0 Å². The van der Waals surface area contributed by atoms with Crippen LogP contribution < -0.4 is 5.32 Å². The lowest BCUT2D eigenvalue weighted by atomic mass is 10.0. The molecule has 80 valence electrons. The molecule has 1 unspecified atom stereocenters. The van der Waals surface area contributed by atoms with E-state index in [1.54, 1.807) is 11.3 Å². The molecule has 0 fully saturated rings. The summed E-state index contributed by atoms with van der Waals surface area (Å²) in [4.78, 5) is 1.05. The van der Waals surface area contributed by atoms with Crippen LogP contribution in [0.3, 0.4) is 0 Å². The maximum Gasteiger partial charge on any atom is 0.0971 e. The lowest BCUT2D eigenvalue weighted by molar-refractivity contribution is 0.0518. The van der Waals surface area contributed by atoms with E-state index in [1.165, 1.54) is 0 Å². The maximum absolute atomic E-state index is 10.1. The van der Waals surface area contributed by atoms with E-state index in [1.807, 2.05) is 24.4 Å². The van der Waals surface area contributed by atoms with Crippen LogP contribution >= 0.6 is 11.3 Å². The first-order valence-electron chi connectivity index (χ1n) is 5.14. The summed E-state index contributed by atoms with van der Waals surface area (Å²) in [5.74, 6) is 0. The zero-order chi connectivity index (χ0) is 10.4. The first-order valence-corrected chi connectivity index (χ1v) is 6.02. The average Bonchev–Trinajstić information content (AvgIpc) is 2.65. The third-order valence-electron chi connectivity index (χ3n) is 2.27. The van der Waals surface area contributed by atoms with Crippen molar-refractivity contribution in [2.24, 2.45) is 0 Å². The summed E-state index contributed by atoms with van der Waals surface area (Å²) in [6, 6.07) is 3.97. The Hall–Kier alpha value is -0.380. The van der Waals surface area contributed by atoms with Gasteiger partial charge in [0.15, 0.2) is 0 Å². The minimum atomic E-state index is -0.672. The molecule has 0 aliphatic carbocycles. The summed E-state index contributed by atoms with van der Waals surface area (Å²) in [6.45, 7) is 5.93. The van der Waals surface area contributed by atoms with Gasteiger partial charge in [-0.05, 0) is 44.3 Å². The van der Waals surface area contributed by atoms with Gasteiger partial charge in [0.25, 0.3) is 0 Å². The highest BCUT2D eigenvalue weighted by Gasteiger charge is 2.22. The number of thiophene rings is 1. The van der Waals surface area contributed by atoms with Gasteiger partial charge in [-0.2, -0.15) is 0 Å². The van der Waals surface area contributed by atoms with Crippen LogP contribution in [0.25, 0.3) is 0 Å². The van der Waals surface area contributed by atoms with Crippen LogP contribution in [0.1, 0.15) is 31.6 Å². The molecule has 0 aliphatic heterocycles. The van der Waals surface area contributed by atoms with Crippen LogP contribution in [-0.2, 0) is 5.60 Å². The van der Waals surface area contributed by atoms with Gasteiger partial charge >= 0.3 is 0 Å². The number of aliphatic hydroxyl groups is 1. The van der Waals surface area contributed by atoms with Crippen LogP contribution in [0.5, 0.6) is 0 Å². The molecule has 0 bridgehead atoms. The normalized spacial score (nSPS) is 15.4. The van der Waals surface area contributed by atoms with Crippen molar-refractivity contribution in [3.63, 3.8) is 0 Å². The van der Waals surface area contributed by atoms with Gasteiger partial charge in [0.05, 0.1) is 5.60 Å². The quantitative estimate of drug-likeness (QED) is 0.711. The summed E-state index contributed by atoms with van der Waals surface area (Å²) in [7, 11) is 0. The Bertz CT molecular complexity index is 244. The van der Waals surface area contributed by atoms with Crippen molar-refractivity contribution >= 4 is 11.3 Å². The molecule has 0 aliphatic rings. The summed E-state index contributed by atoms with van der Waals surface area (Å²) >= 11 is 1.62. The molecular weight excluding hydrogens is 194 g/mol. The highest BCUT2D eigenvalue weighted by atomic mass is 32.1. The largest absolute Gasteiger partial charge is 0.385 e. The molecule has 0 radical (unpaired) electrons. The predicted molar refractivity (Wildman–Crippen MR) is 61.7 cm³/mol. The van der Waals surface area contributed by atoms with Crippen LogP contribution in [0, 0.1) is 0 Å². The van der Waals surface area contributed by atoms with Crippen molar-refractivity contribution in [2.75, 3.05) is 13.1 Å². The van der Waals surface area contributed by atoms with E-state index in [4.69, 9.17) is 0 Å². The van der Waals surface area contributed by atoms with Gasteiger partial charge in [-0.25, -0.2) is 0 Å². The Morgan fingerprint density at radius 1 is 1.50 bits per heavy atom. The molecule has 1 atom stereocenters. The van der Waals surface area contributed by atoms with Crippen molar-refractivity contribution in [1.29, 1.82) is 0 Å². The van der Waals surface area contributed by atoms with Gasteiger partial charge in [0.2, 0.25) is 0 Å². The smallest absolute Gasteiger partial charge is 0.0971 e. The van der Waals surface area contributed by atoms with E-state index in [0.717, 1.165) is 30.8 Å². The molecule has 1 heterocycles. The van der Waals surface area contributed by atoms with Crippen LogP contribution in [0.15, 0.2) is 17.5 Å². The molecule has 0 amide bonds. The zero-order valence-corrected chi connectivity index (χ0v) is 9.73. The highest BCUT2D eigenvalue weighted by Crippen LogP contribution is 2.27. The fourth-order valence-electron chi connectivity index (χ4n) is 1.34. The molecule has 0 saturated heterocycles. The minimum Gasteiger partial charge on any atom is -0.385 e. The number of nitrogens with one attached hydrogen (secondary N) is 1. The molecule has 3 heteroatoms. The second-order valence-electron chi connectivity index (χ2n) is 3.75. The number of hydrogen-bond acceptors (Lipinski definition) is 3. The van der Waals surface area contributed by atoms with Crippen LogP contribution in [-0.4, -0.2) is 18.2 Å². The van der Waals surface area contributed by atoms with Gasteiger partial charge in [-0.15, -0.1) is 11.3 Å². The van der Waals surface area contributed by atoms with Gasteiger partial charge in [0, 0.05) is 4.88 Å².